The summed E-state index contributed by atoms with van der Waals surface area (Å²) < 4.78 is 6.35. The number of anilines is 1. The molecule has 0 atom stereocenters. The zero-order valence-electron chi connectivity index (χ0n) is 14.4. The normalized spacial score (nSPS) is 15.6. The molecule has 1 amide bonds. The molecule has 0 aliphatic carbocycles. The Hall–Kier alpha value is -1.60. The molecular weight excluding hydrogens is 408 g/mol. The van der Waals surface area contributed by atoms with Crippen molar-refractivity contribution in [2.45, 2.75) is 26.4 Å². The topological polar surface area (TPSA) is 58.6 Å². The number of carbonyl (C=O) groups excluding carboxylic acids is 1. The molecule has 1 aliphatic heterocycles. The zero-order valence-corrected chi connectivity index (χ0v) is 16.8. The van der Waals surface area contributed by atoms with Gasteiger partial charge in [-0.1, -0.05) is 27.5 Å². The van der Waals surface area contributed by atoms with Crippen molar-refractivity contribution >= 4 is 50.5 Å². The van der Waals surface area contributed by atoms with Crippen LogP contribution < -0.4 is 4.90 Å². The minimum absolute atomic E-state index is 0.283. The van der Waals surface area contributed by atoms with Crippen LogP contribution in [0.3, 0.4) is 0 Å². The van der Waals surface area contributed by atoms with E-state index in [1.807, 2.05) is 43.9 Å². The fourth-order valence-electron chi connectivity index (χ4n) is 2.61. The van der Waals surface area contributed by atoms with Gasteiger partial charge < -0.3 is 14.5 Å². The molecule has 0 bridgehead atoms. The SMILES string of the molecule is CC(C)(C)OC(=O)N1CCN(c2nc(Cl)c3cc(Br)ccc3n2)CC1. The number of hydrogen-bond acceptors (Lipinski definition) is 5. The second-order valence-corrected chi connectivity index (χ2v) is 8.20. The van der Waals surface area contributed by atoms with E-state index in [0.29, 0.717) is 37.3 Å². The van der Waals surface area contributed by atoms with Crippen molar-refractivity contribution in [3.63, 3.8) is 0 Å². The molecule has 0 spiro atoms. The van der Waals surface area contributed by atoms with Gasteiger partial charge in [0.2, 0.25) is 5.95 Å². The van der Waals surface area contributed by atoms with Gasteiger partial charge in [-0.05, 0) is 39.0 Å². The van der Waals surface area contributed by atoms with E-state index in [0.717, 1.165) is 15.4 Å². The van der Waals surface area contributed by atoms with Crippen LogP contribution in [0.1, 0.15) is 20.8 Å². The van der Waals surface area contributed by atoms with Gasteiger partial charge in [-0.15, -0.1) is 0 Å². The van der Waals surface area contributed by atoms with E-state index in [1.54, 1.807) is 4.90 Å². The largest absolute Gasteiger partial charge is 0.444 e. The summed E-state index contributed by atoms with van der Waals surface area (Å²) in [5.41, 5.74) is 0.310. The van der Waals surface area contributed by atoms with Gasteiger partial charge in [-0.25, -0.2) is 14.8 Å². The van der Waals surface area contributed by atoms with Gasteiger partial charge >= 0.3 is 6.09 Å². The van der Waals surface area contributed by atoms with Crippen molar-refractivity contribution in [3.8, 4) is 0 Å². The molecule has 1 saturated heterocycles. The molecule has 2 aromatic rings. The molecule has 8 heteroatoms. The average Bonchev–Trinajstić information content (AvgIpc) is 2.54. The molecule has 25 heavy (non-hydrogen) atoms. The predicted octanol–water partition coefficient (Wildman–Crippen LogP) is 4.10. The second kappa shape index (κ2) is 6.96. The standard InChI is InChI=1S/C17H20BrClN4O2/c1-17(2,3)25-16(24)23-8-6-22(7-9-23)15-20-13-5-4-11(18)10-12(13)14(19)21-15/h4-5,10H,6-9H2,1-3H3. The Balaban J connectivity index is 1.72. The Morgan fingerprint density at radius 3 is 2.52 bits per heavy atom. The number of aromatic nitrogens is 2. The van der Waals surface area contributed by atoms with Crippen LogP contribution >= 0.6 is 27.5 Å². The summed E-state index contributed by atoms with van der Waals surface area (Å²) in [7, 11) is 0. The highest BCUT2D eigenvalue weighted by Gasteiger charge is 2.27. The van der Waals surface area contributed by atoms with Crippen LogP contribution in [0, 0.1) is 0 Å². The van der Waals surface area contributed by atoms with Gasteiger partial charge in [0.15, 0.2) is 0 Å². The lowest BCUT2D eigenvalue weighted by Gasteiger charge is -2.35. The molecule has 2 heterocycles. The van der Waals surface area contributed by atoms with Crippen molar-refractivity contribution in [1.29, 1.82) is 0 Å². The van der Waals surface area contributed by atoms with Gasteiger partial charge in [-0.3, -0.25) is 0 Å². The fraction of sp³-hybridized carbons (Fsp3) is 0.471. The first-order chi connectivity index (χ1) is 11.7. The third-order valence-corrected chi connectivity index (χ3v) is 4.60. The van der Waals surface area contributed by atoms with Crippen molar-refractivity contribution < 1.29 is 9.53 Å². The maximum Gasteiger partial charge on any atom is 0.410 e. The lowest BCUT2D eigenvalue weighted by atomic mass is 10.2. The van der Waals surface area contributed by atoms with Crippen LogP contribution in [0.2, 0.25) is 5.15 Å². The third kappa shape index (κ3) is 4.33. The molecule has 3 rings (SSSR count). The maximum absolute atomic E-state index is 12.1. The first-order valence-corrected chi connectivity index (χ1v) is 9.26. The number of ether oxygens (including phenoxy) is 1. The van der Waals surface area contributed by atoms with Crippen LogP contribution in [0.15, 0.2) is 22.7 Å². The van der Waals surface area contributed by atoms with E-state index in [4.69, 9.17) is 16.3 Å². The highest BCUT2D eigenvalue weighted by atomic mass is 79.9. The van der Waals surface area contributed by atoms with Crippen molar-refractivity contribution in [3.05, 3.63) is 27.8 Å². The number of rotatable bonds is 1. The molecule has 0 saturated carbocycles. The average molecular weight is 428 g/mol. The van der Waals surface area contributed by atoms with Crippen LogP contribution in [-0.4, -0.2) is 52.7 Å². The highest BCUT2D eigenvalue weighted by molar-refractivity contribution is 9.10. The first-order valence-electron chi connectivity index (χ1n) is 8.08. The number of halogens is 2. The second-order valence-electron chi connectivity index (χ2n) is 6.93. The maximum atomic E-state index is 12.1. The van der Waals surface area contributed by atoms with Gasteiger partial charge in [0, 0.05) is 36.0 Å². The monoisotopic (exact) mass is 426 g/mol. The molecule has 1 aromatic carbocycles. The summed E-state index contributed by atoms with van der Waals surface area (Å²) >= 11 is 9.75. The van der Waals surface area contributed by atoms with Crippen molar-refractivity contribution in [2.24, 2.45) is 0 Å². The molecule has 1 aromatic heterocycles. The molecule has 0 N–H and O–H groups in total. The molecule has 0 unspecified atom stereocenters. The minimum Gasteiger partial charge on any atom is -0.444 e. The Labute approximate surface area is 160 Å². The van der Waals surface area contributed by atoms with Crippen LogP contribution in [0.25, 0.3) is 10.9 Å². The zero-order chi connectivity index (χ0) is 18.2. The lowest BCUT2D eigenvalue weighted by molar-refractivity contribution is 0.0240. The Bertz CT molecular complexity index is 801. The van der Waals surface area contributed by atoms with E-state index in [1.165, 1.54) is 0 Å². The van der Waals surface area contributed by atoms with Crippen LogP contribution in [0.5, 0.6) is 0 Å². The molecule has 1 aliphatic rings. The molecule has 0 radical (unpaired) electrons. The lowest BCUT2D eigenvalue weighted by Crippen LogP contribution is -2.50. The highest BCUT2D eigenvalue weighted by Crippen LogP contribution is 2.27. The van der Waals surface area contributed by atoms with Gasteiger partial charge in [-0.2, -0.15) is 0 Å². The van der Waals surface area contributed by atoms with E-state index in [-0.39, 0.29) is 6.09 Å². The van der Waals surface area contributed by atoms with E-state index < -0.39 is 5.60 Å². The smallest absolute Gasteiger partial charge is 0.410 e. The predicted molar refractivity (Wildman–Crippen MR) is 102 cm³/mol. The number of hydrogen-bond donors (Lipinski definition) is 0. The fourth-order valence-corrected chi connectivity index (χ4v) is 3.20. The van der Waals surface area contributed by atoms with Gasteiger partial charge in [0.05, 0.1) is 5.52 Å². The number of carbonyl (C=O) groups is 1. The Morgan fingerprint density at radius 2 is 1.88 bits per heavy atom. The molecular formula is C17H20BrClN4O2. The van der Waals surface area contributed by atoms with Gasteiger partial charge in [0.25, 0.3) is 0 Å². The quantitative estimate of drug-likeness (QED) is 0.641. The summed E-state index contributed by atoms with van der Waals surface area (Å²) in [6.45, 7) is 8.00. The van der Waals surface area contributed by atoms with Crippen LogP contribution in [0.4, 0.5) is 10.7 Å². The number of fused-ring (bicyclic) bond motifs is 1. The summed E-state index contributed by atoms with van der Waals surface area (Å²) in [5.74, 6) is 0.587. The number of benzene rings is 1. The number of nitrogens with zero attached hydrogens (tertiary/aromatic N) is 4. The van der Waals surface area contributed by atoms with E-state index in [9.17, 15) is 4.79 Å². The number of amides is 1. The Kier molecular flexibility index (Phi) is 5.06. The van der Waals surface area contributed by atoms with E-state index in [2.05, 4.69) is 25.9 Å². The summed E-state index contributed by atoms with van der Waals surface area (Å²) in [5, 5.41) is 1.24. The first kappa shape index (κ1) is 18.2. The van der Waals surface area contributed by atoms with Crippen LogP contribution in [-0.2, 0) is 4.74 Å². The summed E-state index contributed by atoms with van der Waals surface area (Å²) in [6, 6.07) is 5.74. The molecule has 6 nitrogen and oxygen atoms in total. The van der Waals surface area contributed by atoms with E-state index >= 15 is 0 Å². The van der Waals surface area contributed by atoms with Crippen molar-refractivity contribution in [1.82, 2.24) is 14.9 Å². The summed E-state index contributed by atoms with van der Waals surface area (Å²) in [6.07, 6.45) is -0.283. The molecule has 134 valence electrons. The minimum atomic E-state index is -0.489. The number of piperazine rings is 1. The summed E-state index contributed by atoms with van der Waals surface area (Å²) in [4.78, 5) is 24.9. The Morgan fingerprint density at radius 1 is 1.20 bits per heavy atom. The molecule has 1 fully saturated rings. The third-order valence-electron chi connectivity index (χ3n) is 3.81. The van der Waals surface area contributed by atoms with Gasteiger partial charge in [0.1, 0.15) is 10.8 Å². The van der Waals surface area contributed by atoms with Crippen molar-refractivity contribution in [2.75, 3.05) is 31.1 Å².